The Morgan fingerprint density at radius 1 is 1.06 bits per heavy atom. The Morgan fingerprint density at radius 2 is 1.67 bits per heavy atom. The molecular weight excluding hydrogens is 505 g/mol. The summed E-state index contributed by atoms with van der Waals surface area (Å²) in [5.74, 6) is -4.08. The molecule has 0 heterocycles. The third kappa shape index (κ3) is 10.9. The maximum Gasteiger partial charge on any atom is 0.389 e. The molecule has 0 radical (unpaired) electrons. The summed E-state index contributed by atoms with van der Waals surface area (Å²) in [4.78, 5) is 23.3. The second kappa shape index (κ2) is 12.0. The molecular formula is C26H29ClF5NO3. The lowest BCUT2D eigenvalue weighted by Crippen LogP contribution is -2.24. The van der Waals surface area contributed by atoms with Crippen LogP contribution in [0, 0.1) is 0 Å². The molecule has 1 atom stereocenters. The highest BCUT2D eigenvalue weighted by atomic mass is 35.5. The van der Waals surface area contributed by atoms with Gasteiger partial charge in [-0.15, -0.1) is 0 Å². The van der Waals surface area contributed by atoms with Crippen molar-refractivity contribution in [1.29, 1.82) is 0 Å². The van der Waals surface area contributed by atoms with Crippen LogP contribution < -0.4 is 5.32 Å². The van der Waals surface area contributed by atoms with Crippen molar-refractivity contribution in [3.63, 3.8) is 0 Å². The van der Waals surface area contributed by atoms with E-state index in [1.165, 1.54) is 12.1 Å². The van der Waals surface area contributed by atoms with Crippen molar-refractivity contribution in [2.24, 2.45) is 0 Å². The van der Waals surface area contributed by atoms with Gasteiger partial charge in [-0.3, -0.25) is 9.59 Å². The zero-order chi connectivity index (χ0) is 27.1. The van der Waals surface area contributed by atoms with Gasteiger partial charge in [0.2, 0.25) is 5.91 Å². The zero-order valence-corrected chi connectivity index (χ0v) is 21.0. The Kier molecular flexibility index (Phi) is 9.88. The first kappa shape index (κ1) is 29.5. The van der Waals surface area contributed by atoms with Gasteiger partial charge in [0.1, 0.15) is 5.60 Å². The summed E-state index contributed by atoms with van der Waals surface area (Å²) in [6.45, 7) is 5.30. The van der Waals surface area contributed by atoms with E-state index in [1.54, 1.807) is 51.1 Å². The van der Waals surface area contributed by atoms with E-state index in [1.807, 2.05) is 6.07 Å². The average molecular weight is 534 g/mol. The molecule has 0 aliphatic heterocycles. The summed E-state index contributed by atoms with van der Waals surface area (Å²) in [7, 11) is 0. The number of esters is 1. The molecule has 1 aliphatic rings. The number of benzene rings is 2. The third-order valence-corrected chi connectivity index (χ3v) is 5.34. The number of ether oxygens (including phenoxy) is 1. The van der Waals surface area contributed by atoms with E-state index < -0.39 is 42.4 Å². The van der Waals surface area contributed by atoms with Gasteiger partial charge in [0.25, 0.3) is 5.92 Å². The molecule has 0 spiro atoms. The molecule has 3 rings (SSSR count). The monoisotopic (exact) mass is 533 g/mol. The Bertz CT molecular complexity index is 1040. The highest BCUT2D eigenvalue weighted by molar-refractivity contribution is 6.33. The van der Waals surface area contributed by atoms with Crippen LogP contribution in [0.15, 0.2) is 48.5 Å². The molecule has 2 aromatic rings. The predicted octanol–water partition coefficient (Wildman–Crippen LogP) is 7.70. The fourth-order valence-electron chi connectivity index (χ4n) is 3.19. The SMILES string of the molecule is CC(C)(C)OC(=O)CCc1ccc(Cl)c(NC(=O)CCC(F)(F)F)c1.FC1(F)CC1c1ccccc1. The first-order chi connectivity index (χ1) is 16.6. The summed E-state index contributed by atoms with van der Waals surface area (Å²) in [6.07, 6.45) is -5.75. The Morgan fingerprint density at radius 3 is 2.19 bits per heavy atom. The minimum absolute atomic E-state index is 0.0248. The van der Waals surface area contributed by atoms with Crippen LogP contribution in [-0.4, -0.2) is 29.6 Å². The molecule has 0 saturated heterocycles. The maximum atomic E-state index is 12.5. The first-order valence-electron chi connectivity index (χ1n) is 11.4. The second-order valence-corrected chi connectivity index (χ2v) is 9.90. The zero-order valence-electron chi connectivity index (χ0n) is 20.2. The number of carbonyl (C=O) groups is 2. The number of amides is 1. The molecule has 1 amide bonds. The number of carbonyl (C=O) groups excluding carboxylic acids is 2. The van der Waals surface area contributed by atoms with Crippen molar-refractivity contribution < 1.29 is 36.3 Å². The highest BCUT2D eigenvalue weighted by Gasteiger charge is 2.57. The second-order valence-electron chi connectivity index (χ2n) is 9.49. The molecule has 1 fully saturated rings. The third-order valence-electron chi connectivity index (χ3n) is 5.01. The molecule has 1 saturated carbocycles. The molecule has 10 heteroatoms. The summed E-state index contributed by atoms with van der Waals surface area (Å²) in [5, 5.41) is 2.57. The van der Waals surface area contributed by atoms with E-state index >= 15 is 0 Å². The van der Waals surface area contributed by atoms with Gasteiger partial charge in [-0.25, -0.2) is 8.78 Å². The van der Waals surface area contributed by atoms with Crippen LogP contribution in [0.3, 0.4) is 0 Å². The maximum absolute atomic E-state index is 12.5. The van der Waals surface area contributed by atoms with Gasteiger partial charge in [-0.2, -0.15) is 13.2 Å². The fraction of sp³-hybridized carbons (Fsp3) is 0.462. The fourth-order valence-corrected chi connectivity index (χ4v) is 3.36. The molecule has 1 N–H and O–H groups in total. The number of aryl methyl sites for hydroxylation is 1. The Balaban J connectivity index is 0.000000340. The molecule has 1 aliphatic carbocycles. The molecule has 2 aromatic carbocycles. The van der Waals surface area contributed by atoms with E-state index in [-0.39, 0.29) is 29.5 Å². The minimum atomic E-state index is -4.39. The number of hydrogen-bond acceptors (Lipinski definition) is 3. The smallest absolute Gasteiger partial charge is 0.389 e. The van der Waals surface area contributed by atoms with Crippen molar-refractivity contribution in [2.75, 3.05) is 5.32 Å². The summed E-state index contributed by atoms with van der Waals surface area (Å²) < 4.78 is 66.6. The summed E-state index contributed by atoms with van der Waals surface area (Å²) >= 11 is 5.95. The van der Waals surface area contributed by atoms with Crippen LogP contribution in [-0.2, 0) is 20.7 Å². The number of halogens is 6. The first-order valence-corrected chi connectivity index (χ1v) is 11.7. The van der Waals surface area contributed by atoms with Crippen molar-refractivity contribution in [3.8, 4) is 0 Å². The largest absolute Gasteiger partial charge is 0.460 e. The Labute approximate surface area is 212 Å². The number of rotatable bonds is 7. The Hall–Kier alpha value is -2.68. The van der Waals surface area contributed by atoms with Gasteiger partial charge in [-0.05, 0) is 50.5 Å². The van der Waals surface area contributed by atoms with Crippen LogP contribution in [0.25, 0.3) is 0 Å². The van der Waals surface area contributed by atoms with Gasteiger partial charge in [0, 0.05) is 19.3 Å². The quantitative estimate of drug-likeness (QED) is 0.293. The van der Waals surface area contributed by atoms with Gasteiger partial charge in [0.05, 0.1) is 23.0 Å². The predicted molar refractivity (Wildman–Crippen MR) is 128 cm³/mol. The van der Waals surface area contributed by atoms with Crippen LogP contribution in [0.4, 0.5) is 27.6 Å². The minimum Gasteiger partial charge on any atom is -0.460 e. The van der Waals surface area contributed by atoms with Crippen molar-refractivity contribution >= 4 is 29.2 Å². The summed E-state index contributed by atoms with van der Waals surface area (Å²) in [5.41, 5.74) is 1.11. The molecule has 198 valence electrons. The number of nitrogens with one attached hydrogen (secondary N) is 1. The van der Waals surface area contributed by atoms with E-state index in [0.717, 1.165) is 5.56 Å². The van der Waals surface area contributed by atoms with Crippen molar-refractivity contribution in [1.82, 2.24) is 0 Å². The van der Waals surface area contributed by atoms with E-state index in [9.17, 15) is 31.5 Å². The lowest BCUT2D eigenvalue weighted by atomic mass is 10.1. The van der Waals surface area contributed by atoms with Gasteiger partial charge in [-0.1, -0.05) is 48.0 Å². The summed E-state index contributed by atoms with van der Waals surface area (Å²) in [6, 6.07) is 13.7. The normalized spacial score (nSPS) is 16.4. The molecule has 0 bridgehead atoms. The average Bonchev–Trinajstić information content (AvgIpc) is 3.40. The van der Waals surface area contributed by atoms with Gasteiger partial charge < -0.3 is 10.1 Å². The van der Waals surface area contributed by atoms with Crippen molar-refractivity contribution in [3.05, 3.63) is 64.7 Å². The van der Waals surface area contributed by atoms with Crippen LogP contribution in [0.1, 0.15) is 63.5 Å². The van der Waals surface area contributed by atoms with Crippen LogP contribution in [0.5, 0.6) is 0 Å². The van der Waals surface area contributed by atoms with E-state index in [0.29, 0.717) is 12.0 Å². The molecule has 36 heavy (non-hydrogen) atoms. The van der Waals surface area contributed by atoms with Crippen LogP contribution in [0.2, 0.25) is 5.02 Å². The van der Waals surface area contributed by atoms with Gasteiger partial charge >= 0.3 is 12.1 Å². The lowest BCUT2D eigenvalue weighted by Gasteiger charge is -2.19. The van der Waals surface area contributed by atoms with Gasteiger partial charge in [0.15, 0.2) is 0 Å². The van der Waals surface area contributed by atoms with E-state index in [4.69, 9.17) is 16.3 Å². The molecule has 4 nitrogen and oxygen atoms in total. The van der Waals surface area contributed by atoms with Crippen molar-refractivity contribution in [2.45, 2.75) is 76.5 Å². The number of alkyl halides is 5. The topological polar surface area (TPSA) is 55.4 Å². The molecule has 1 unspecified atom stereocenters. The highest BCUT2D eigenvalue weighted by Crippen LogP contribution is 2.55. The number of hydrogen-bond donors (Lipinski definition) is 1. The standard InChI is InChI=1S/C17H21ClF3NO3.C9H8F2/c1-16(2,3)25-15(24)7-5-11-4-6-12(18)13(10-11)22-14(23)8-9-17(19,20)21;10-9(11)6-8(9)7-4-2-1-3-5-7/h4,6,10H,5,7-9H2,1-3H3,(H,22,23);1-5,8H,6H2. The number of anilines is 1. The lowest BCUT2D eigenvalue weighted by molar-refractivity contribution is -0.154. The molecule has 0 aromatic heterocycles. The van der Waals surface area contributed by atoms with Crippen LogP contribution >= 0.6 is 11.6 Å². The van der Waals surface area contributed by atoms with E-state index in [2.05, 4.69) is 5.32 Å².